The molecule has 0 unspecified atom stereocenters. The van der Waals surface area contributed by atoms with Crippen molar-refractivity contribution in [3.63, 3.8) is 0 Å². The second kappa shape index (κ2) is 6.91. The van der Waals surface area contributed by atoms with E-state index in [1.807, 2.05) is 0 Å². The van der Waals surface area contributed by atoms with Gasteiger partial charge in [0.05, 0.1) is 14.7 Å². The molecule has 0 fully saturated rings. The van der Waals surface area contributed by atoms with E-state index < -0.39 is 0 Å². The van der Waals surface area contributed by atoms with Crippen LogP contribution >= 0.6 is 24.4 Å². The molecule has 1 aromatic rings. The summed E-state index contributed by atoms with van der Waals surface area (Å²) in [4.78, 5) is 2.43. The third-order valence-electron chi connectivity index (χ3n) is 3.51. The van der Waals surface area contributed by atoms with Gasteiger partial charge in [-0.3, -0.25) is 0 Å². The zero-order valence-electron chi connectivity index (χ0n) is 12.8. The Morgan fingerprint density at radius 1 is 1.05 bits per heavy atom. The second-order valence-corrected chi connectivity index (χ2v) is 6.78. The zero-order valence-corrected chi connectivity index (χ0v) is 14.4. The van der Waals surface area contributed by atoms with E-state index in [0.717, 1.165) is 47.3 Å². The molecule has 0 spiro atoms. The summed E-state index contributed by atoms with van der Waals surface area (Å²) in [5, 5.41) is 3.48. The Hall–Kier alpha value is -0.320. The van der Waals surface area contributed by atoms with Gasteiger partial charge < -0.3 is 10.2 Å². The third kappa shape index (κ3) is 4.07. The van der Waals surface area contributed by atoms with E-state index in [4.69, 9.17) is 24.4 Å². The number of nitrogens with one attached hydrogen (secondary N) is 1. The number of hydrogen-bond donors (Lipinski definition) is 1. The fourth-order valence-electron chi connectivity index (χ4n) is 2.33. The van der Waals surface area contributed by atoms with Crippen LogP contribution in [-0.2, 0) is 5.41 Å². The summed E-state index contributed by atoms with van der Waals surface area (Å²) in [6.07, 6.45) is 1.14. The van der Waals surface area contributed by atoms with Gasteiger partial charge in [-0.2, -0.15) is 0 Å². The van der Waals surface area contributed by atoms with Crippen molar-refractivity contribution in [3.8, 4) is 0 Å². The molecule has 0 aromatic heterocycles. The summed E-state index contributed by atoms with van der Waals surface area (Å²) in [6.45, 7) is 15.3. The maximum Gasteiger partial charge on any atom is 0.0796 e. The van der Waals surface area contributed by atoms with Gasteiger partial charge in [0.25, 0.3) is 0 Å². The molecule has 4 heteroatoms. The third-order valence-corrected chi connectivity index (χ3v) is 4.45. The molecule has 0 aliphatic heterocycles. The van der Waals surface area contributed by atoms with Gasteiger partial charge >= 0.3 is 0 Å². The first-order valence-electron chi connectivity index (χ1n) is 7.12. The number of rotatable bonds is 7. The summed E-state index contributed by atoms with van der Waals surface area (Å²) < 4.78 is 1.73. The minimum absolute atomic E-state index is 0.0839. The summed E-state index contributed by atoms with van der Waals surface area (Å²) in [5.41, 5.74) is 2.43. The highest BCUT2D eigenvalue weighted by molar-refractivity contribution is 7.74. The van der Waals surface area contributed by atoms with Crippen LogP contribution in [0.2, 0.25) is 0 Å². The van der Waals surface area contributed by atoms with Crippen LogP contribution in [0.4, 0.5) is 5.69 Å². The van der Waals surface area contributed by atoms with E-state index in [-0.39, 0.29) is 5.41 Å². The standard InChI is InChI=1S/C15H26N2S2/c1-6-17(7-2)10-8-9-16-12-11(15(3,4)5)13(18)14(12)19/h16H,6-10H2,1-5H3. The lowest BCUT2D eigenvalue weighted by Crippen LogP contribution is -2.26. The molecule has 0 saturated carbocycles. The van der Waals surface area contributed by atoms with E-state index in [2.05, 4.69) is 44.8 Å². The van der Waals surface area contributed by atoms with Crippen molar-refractivity contribution < 1.29 is 0 Å². The molecule has 0 atom stereocenters. The maximum atomic E-state index is 5.36. The van der Waals surface area contributed by atoms with Crippen molar-refractivity contribution in [1.82, 2.24) is 4.90 Å². The summed E-state index contributed by atoms with van der Waals surface area (Å²) in [6, 6.07) is 0. The average Bonchev–Trinajstić information content (AvgIpc) is 2.35. The van der Waals surface area contributed by atoms with Gasteiger partial charge in [-0.25, -0.2) is 0 Å². The lowest BCUT2D eigenvalue weighted by molar-refractivity contribution is 0.303. The Morgan fingerprint density at radius 2 is 1.63 bits per heavy atom. The SMILES string of the molecule is CCN(CC)CCCNc1c(C(C)(C)C)c(=S)c1=S. The lowest BCUT2D eigenvalue weighted by atomic mass is 9.83. The van der Waals surface area contributed by atoms with Crippen LogP contribution in [0.3, 0.4) is 0 Å². The second-order valence-electron chi connectivity index (χ2n) is 5.97. The highest BCUT2D eigenvalue weighted by atomic mass is 32.1. The monoisotopic (exact) mass is 298 g/mol. The molecule has 0 aliphatic rings. The van der Waals surface area contributed by atoms with E-state index in [1.165, 1.54) is 5.56 Å². The first-order chi connectivity index (χ1) is 8.82. The van der Waals surface area contributed by atoms with Gasteiger partial charge in [0, 0.05) is 12.1 Å². The van der Waals surface area contributed by atoms with E-state index >= 15 is 0 Å². The van der Waals surface area contributed by atoms with Crippen molar-refractivity contribution in [2.75, 3.05) is 31.5 Å². The molecule has 0 amide bonds. The Balaban J connectivity index is 2.54. The maximum absolute atomic E-state index is 5.36. The smallest absolute Gasteiger partial charge is 0.0796 e. The molecule has 1 N–H and O–H groups in total. The zero-order chi connectivity index (χ0) is 14.6. The van der Waals surface area contributed by atoms with Crippen LogP contribution in [0, 0.1) is 9.02 Å². The molecule has 1 rings (SSSR count). The highest BCUT2D eigenvalue weighted by Gasteiger charge is 2.25. The van der Waals surface area contributed by atoms with E-state index in [9.17, 15) is 0 Å². The van der Waals surface area contributed by atoms with Crippen molar-refractivity contribution in [3.05, 3.63) is 14.6 Å². The largest absolute Gasteiger partial charge is 0.384 e. The van der Waals surface area contributed by atoms with Crippen LogP contribution in [0.5, 0.6) is 0 Å². The van der Waals surface area contributed by atoms with Gasteiger partial charge in [0.15, 0.2) is 0 Å². The van der Waals surface area contributed by atoms with Crippen molar-refractivity contribution in [2.24, 2.45) is 0 Å². The predicted molar refractivity (Wildman–Crippen MR) is 90.1 cm³/mol. The fourth-order valence-corrected chi connectivity index (χ4v) is 3.12. The van der Waals surface area contributed by atoms with E-state index in [0.29, 0.717) is 0 Å². The minimum Gasteiger partial charge on any atom is -0.384 e. The summed E-state index contributed by atoms with van der Waals surface area (Å²) in [5.74, 6) is 0. The Labute approximate surface area is 127 Å². The van der Waals surface area contributed by atoms with Gasteiger partial charge in [-0.1, -0.05) is 59.1 Å². The van der Waals surface area contributed by atoms with Gasteiger partial charge in [-0.05, 0) is 31.5 Å². The molecule has 0 radical (unpaired) electrons. The first-order valence-corrected chi connectivity index (χ1v) is 7.94. The van der Waals surface area contributed by atoms with Crippen LogP contribution in [0.1, 0.15) is 46.6 Å². The normalized spacial score (nSPS) is 12.3. The van der Waals surface area contributed by atoms with Gasteiger partial charge in [0.2, 0.25) is 0 Å². The molecule has 0 saturated heterocycles. The van der Waals surface area contributed by atoms with Crippen molar-refractivity contribution in [1.29, 1.82) is 0 Å². The van der Waals surface area contributed by atoms with Crippen LogP contribution < -0.4 is 5.32 Å². The average molecular weight is 299 g/mol. The molecule has 108 valence electrons. The summed E-state index contributed by atoms with van der Waals surface area (Å²) in [7, 11) is 0. The molecular weight excluding hydrogens is 272 g/mol. The molecule has 0 aliphatic carbocycles. The minimum atomic E-state index is 0.0839. The number of nitrogens with zero attached hydrogens (tertiary/aromatic N) is 1. The molecule has 19 heavy (non-hydrogen) atoms. The number of anilines is 1. The lowest BCUT2D eigenvalue weighted by Gasteiger charge is -2.27. The van der Waals surface area contributed by atoms with E-state index in [1.54, 1.807) is 0 Å². The highest BCUT2D eigenvalue weighted by Crippen LogP contribution is 2.36. The van der Waals surface area contributed by atoms with Crippen molar-refractivity contribution >= 4 is 30.1 Å². The molecule has 0 heterocycles. The topological polar surface area (TPSA) is 15.3 Å². The Bertz CT molecular complexity index is 475. The van der Waals surface area contributed by atoms with Crippen LogP contribution in [0.15, 0.2) is 0 Å². The molecular formula is C15H26N2S2. The predicted octanol–water partition coefficient (Wildman–Crippen LogP) is 4.46. The Kier molecular flexibility index (Phi) is 6.09. The molecule has 2 nitrogen and oxygen atoms in total. The van der Waals surface area contributed by atoms with Gasteiger partial charge in [-0.15, -0.1) is 0 Å². The van der Waals surface area contributed by atoms with Crippen LogP contribution in [0.25, 0.3) is 0 Å². The molecule has 0 bridgehead atoms. The number of hydrogen-bond acceptors (Lipinski definition) is 4. The molecule has 1 aromatic carbocycles. The quantitative estimate of drug-likeness (QED) is 0.590. The van der Waals surface area contributed by atoms with Crippen LogP contribution in [-0.4, -0.2) is 31.1 Å². The summed E-state index contributed by atoms with van der Waals surface area (Å²) >= 11 is 10.7. The van der Waals surface area contributed by atoms with Gasteiger partial charge in [0.1, 0.15) is 0 Å². The van der Waals surface area contributed by atoms with Crippen molar-refractivity contribution in [2.45, 2.75) is 46.5 Å². The first kappa shape index (κ1) is 16.7. The Morgan fingerprint density at radius 3 is 2.11 bits per heavy atom. The fraction of sp³-hybridized carbons (Fsp3) is 0.733.